The van der Waals surface area contributed by atoms with Crippen molar-refractivity contribution in [3.05, 3.63) is 35.1 Å². The zero-order valence-electron chi connectivity index (χ0n) is 9.42. The Morgan fingerprint density at radius 2 is 2.38 bits per heavy atom. The second kappa shape index (κ2) is 4.74. The highest BCUT2D eigenvalue weighted by atomic mass is 19.1. The van der Waals surface area contributed by atoms with Crippen molar-refractivity contribution in [3.63, 3.8) is 0 Å². The fraction of sp³-hybridized carbons (Fsp3) is 0.462. The van der Waals surface area contributed by atoms with E-state index < -0.39 is 0 Å². The molecule has 0 radical (unpaired) electrons. The first-order chi connectivity index (χ1) is 7.66. The lowest BCUT2D eigenvalue weighted by atomic mass is 10.0. The Hall–Kier alpha value is -1.22. The number of carbonyl (C=O) groups excluding carboxylic acids is 1. The molecule has 1 atom stereocenters. The van der Waals surface area contributed by atoms with Crippen molar-refractivity contribution in [1.29, 1.82) is 0 Å². The summed E-state index contributed by atoms with van der Waals surface area (Å²) < 4.78 is 13.0. The number of nitrogens with one attached hydrogen (secondary N) is 1. The van der Waals surface area contributed by atoms with E-state index in [4.69, 9.17) is 0 Å². The summed E-state index contributed by atoms with van der Waals surface area (Å²) in [6.45, 7) is 2.68. The third kappa shape index (κ3) is 2.47. The predicted octanol–water partition coefficient (Wildman–Crippen LogP) is 2.46. The maximum Gasteiger partial charge on any atom is 0.164 e. The minimum absolute atomic E-state index is 0.0995. The van der Waals surface area contributed by atoms with Gasteiger partial charge in [0.25, 0.3) is 0 Å². The van der Waals surface area contributed by atoms with Gasteiger partial charge in [0.2, 0.25) is 0 Å². The summed E-state index contributed by atoms with van der Waals surface area (Å²) in [5, 5.41) is 3.29. The standard InChI is InChI=1S/C13H16FNO/c1-9-7-10(4-5-12(9)14)13(16)8-11-3-2-6-15-11/h4-5,7,11,15H,2-3,6,8H2,1H3. The molecule has 0 aliphatic carbocycles. The van der Waals surface area contributed by atoms with Gasteiger partial charge < -0.3 is 5.32 Å². The smallest absolute Gasteiger partial charge is 0.164 e. The first-order valence-electron chi connectivity index (χ1n) is 5.69. The summed E-state index contributed by atoms with van der Waals surface area (Å²) in [6.07, 6.45) is 2.72. The fourth-order valence-electron chi connectivity index (χ4n) is 2.09. The van der Waals surface area contributed by atoms with E-state index in [9.17, 15) is 9.18 Å². The SMILES string of the molecule is Cc1cc(C(=O)CC2CCCN2)ccc1F. The van der Waals surface area contributed by atoms with E-state index in [-0.39, 0.29) is 11.6 Å². The lowest BCUT2D eigenvalue weighted by Crippen LogP contribution is -2.24. The number of hydrogen-bond donors (Lipinski definition) is 1. The zero-order valence-corrected chi connectivity index (χ0v) is 9.42. The van der Waals surface area contributed by atoms with Crippen LogP contribution in [0.3, 0.4) is 0 Å². The molecule has 1 heterocycles. The molecule has 1 aliphatic rings. The molecule has 1 unspecified atom stereocenters. The van der Waals surface area contributed by atoms with E-state index in [1.807, 2.05) is 0 Å². The highest BCUT2D eigenvalue weighted by Gasteiger charge is 2.18. The number of rotatable bonds is 3. The number of carbonyl (C=O) groups is 1. The van der Waals surface area contributed by atoms with Crippen LogP contribution in [0, 0.1) is 12.7 Å². The summed E-state index contributed by atoms with van der Waals surface area (Å²) in [6, 6.07) is 4.87. The quantitative estimate of drug-likeness (QED) is 0.794. The molecule has 86 valence electrons. The Kier molecular flexibility index (Phi) is 3.34. The maximum atomic E-state index is 13.0. The molecule has 0 saturated carbocycles. The molecular formula is C13H16FNO. The molecule has 1 aromatic carbocycles. The molecule has 1 saturated heterocycles. The number of Topliss-reactive ketones (excluding diaryl/α,β-unsaturated/α-hetero) is 1. The fourth-order valence-corrected chi connectivity index (χ4v) is 2.09. The van der Waals surface area contributed by atoms with Gasteiger partial charge in [0.05, 0.1) is 0 Å². The summed E-state index contributed by atoms with van der Waals surface area (Å²) in [4.78, 5) is 11.9. The molecule has 0 amide bonds. The number of benzene rings is 1. The van der Waals surface area contributed by atoms with Crippen LogP contribution < -0.4 is 5.32 Å². The normalized spacial score (nSPS) is 20.0. The van der Waals surface area contributed by atoms with Gasteiger partial charge in [0, 0.05) is 18.0 Å². The highest BCUT2D eigenvalue weighted by Crippen LogP contribution is 2.15. The van der Waals surface area contributed by atoms with Gasteiger partial charge in [-0.25, -0.2) is 4.39 Å². The van der Waals surface area contributed by atoms with Crippen LogP contribution in [-0.4, -0.2) is 18.4 Å². The molecule has 0 aromatic heterocycles. The van der Waals surface area contributed by atoms with Crippen molar-refractivity contribution in [2.45, 2.75) is 32.2 Å². The summed E-state index contributed by atoms with van der Waals surface area (Å²) in [5.74, 6) is -0.155. The number of hydrogen-bond acceptors (Lipinski definition) is 2. The Morgan fingerprint density at radius 1 is 1.56 bits per heavy atom. The third-order valence-electron chi connectivity index (χ3n) is 3.07. The Bertz CT molecular complexity index is 397. The molecule has 1 fully saturated rings. The molecule has 0 bridgehead atoms. The topological polar surface area (TPSA) is 29.1 Å². The Labute approximate surface area is 94.9 Å². The zero-order chi connectivity index (χ0) is 11.5. The van der Waals surface area contributed by atoms with E-state index in [1.165, 1.54) is 6.07 Å². The predicted molar refractivity (Wildman–Crippen MR) is 61.1 cm³/mol. The largest absolute Gasteiger partial charge is 0.314 e. The van der Waals surface area contributed by atoms with Crippen molar-refractivity contribution in [2.75, 3.05) is 6.54 Å². The average Bonchev–Trinajstić information content (AvgIpc) is 2.74. The average molecular weight is 221 g/mol. The van der Waals surface area contributed by atoms with Gasteiger partial charge in [0.1, 0.15) is 5.82 Å². The molecule has 2 nitrogen and oxygen atoms in total. The second-order valence-corrected chi connectivity index (χ2v) is 4.38. The summed E-state index contributed by atoms with van der Waals surface area (Å²) in [7, 11) is 0. The number of aryl methyl sites for hydroxylation is 1. The summed E-state index contributed by atoms with van der Waals surface area (Å²) >= 11 is 0. The van der Waals surface area contributed by atoms with Crippen LogP contribution in [0.4, 0.5) is 4.39 Å². The maximum absolute atomic E-state index is 13.0. The first-order valence-corrected chi connectivity index (χ1v) is 5.69. The van der Waals surface area contributed by atoms with E-state index in [0.717, 1.165) is 19.4 Å². The Balaban J connectivity index is 2.05. The van der Waals surface area contributed by atoms with Gasteiger partial charge in [-0.15, -0.1) is 0 Å². The van der Waals surface area contributed by atoms with E-state index in [0.29, 0.717) is 23.6 Å². The van der Waals surface area contributed by atoms with Gasteiger partial charge in [-0.1, -0.05) is 0 Å². The van der Waals surface area contributed by atoms with Crippen molar-refractivity contribution in [1.82, 2.24) is 5.32 Å². The van der Waals surface area contributed by atoms with Crippen LogP contribution in [0.1, 0.15) is 35.2 Å². The van der Waals surface area contributed by atoms with Crippen LogP contribution in [-0.2, 0) is 0 Å². The molecular weight excluding hydrogens is 205 g/mol. The van der Waals surface area contributed by atoms with Gasteiger partial charge in [0.15, 0.2) is 5.78 Å². The van der Waals surface area contributed by atoms with Crippen LogP contribution in [0.5, 0.6) is 0 Å². The van der Waals surface area contributed by atoms with Gasteiger partial charge in [-0.05, 0) is 50.1 Å². The molecule has 1 aliphatic heterocycles. The minimum atomic E-state index is -0.254. The Morgan fingerprint density at radius 3 is 3.00 bits per heavy atom. The monoisotopic (exact) mass is 221 g/mol. The molecule has 2 rings (SSSR count). The van der Waals surface area contributed by atoms with Gasteiger partial charge in [-0.2, -0.15) is 0 Å². The molecule has 16 heavy (non-hydrogen) atoms. The molecule has 3 heteroatoms. The lowest BCUT2D eigenvalue weighted by Gasteiger charge is -2.09. The highest BCUT2D eigenvalue weighted by molar-refractivity contribution is 5.96. The van der Waals surface area contributed by atoms with Crippen LogP contribution in [0.2, 0.25) is 0 Å². The second-order valence-electron chi connectivity index (χ2n) is 4.38. The van der Waals surface area contributed by atoms with Crippen molar-refractivity contribution >= 4 is 5.78 Å². The minimum Gasteiger partial charge on any atom is -0.314 e. The van der Waals surface area contributed by atoms with E-state index >= 15 is 0 Å². The van der Waals surface area contributed by atoms with Crippen molar-refractivity contribution < 1.29 is 9.18 Å². The van der Waals surface area contributed by atoms with E-state index in [1.54, 1.807) is 19.1 Å². The van der Waals surface area contributed by atoms with Gasteiger partial charge >= 0.3 is 0 Å². The number of ketones is 1. The van der Waals surface area contributed by atoms with Gasteiger partial charge in [-0.3, -0.25) is 4.79 Å². The van der Waals surface area contributed by atoms with Crippen LogP contribution in [0.25, 0.3) is 0 Å². The lowest BCUT2D eigenvalue weighted by molar-refractivity contribution is 0.0971. The van der Waals surface area contributed by atoms with Crippen LogP contribution in [0.15, 0.2) is 18.2 Å². The van der Waals surface area contributed by atoms with Crippen LogP contribution >= 0.6 is 0 Å². The molecule has 1 N–H and O–H groups in total. The first kappa shape index (κ1) is 11.3. The number of halogens is 1. The third-order valence-corrected chi connectivity index (χ3v) is 3.07. The molecule has 0 spiro atoms. The van der Waals surface area contributed by atoms with E-state index in [2.05, 4.69) is 5.32 Å². The van der Waals surface area contributed by atoms with Crippen molar-refractivity contribution in [2.24, 2.45) is 0 Å². The van der Waals surface area contributed by atoms with Crippen molar-refractivity contribution in [3.8, 4) is 0 Å². The molecule has 1 aromatic rings. The summed E-state index contributed by atoms with van der Waals surface area (Å²) in [5.41, 5.74) is 1.15.